The molecule has 242 valence electrons. The van der Waals surface area contributed by atoms with Crippen molar-refractivity contribution in [2.24, 2.45) is 0 Å². The molecule has 0 spiro atoms. The smallest absolute Gasteiger partial charge is 0.333 e. The summed E-state index contributed by atoms with van der Waals surface area (Å²) >= 11 is 0. The van der Waals surface area contributed by atoms with Crippen LogP contribution in [0.4, 0.5) is 5.95 Å². The summed E-state index contributed by atoms with van der Waals surface area (Å²) in [4.78, 5) is 82.9. The summed E-state index contributed by atoms with van der Waals surface area (Å²) in [7, 11) is 5.04. The molecule has 0 radical (unpaired) electrons. The van der Waals surface area contributed by atoms with E-state index >= 15 is 0 Å². The second kappa shape index (κ2) is 15.9. The van der Waals surface area contributed by atoms with Crippen LogP contribution in [0.3, 0.4) is 0 Å². The number of anilines is 1. The van der Waals surface area contributed by atoms with Gasteiger partial charge in [-0.15, -0.1) is 6.58 Å². The highest BCUT2D eigenvalue weighted by molar-refractivity contribution is 5.90. The number of carbonyl (C=O) groups is 4. The number of methoxy groups -OCH3 is 4. The van der Waals surface area contributed by atoms with Gasteiger partial charge >= 0.3 is 23.6 Å². The van der Waals surface area contributed by atoms with Gasteiger partial charge in [0.15, 0.2) is 29.6 Å². The first-order valence-corrected chi connectivity index (χ1v) is 12.9. The average Bonchev–Trinajstić information content (AvgIpc) is 3.41. The van der Waals surface area contributed by atoms with Crippen LogP contribution < -0.4 is 16.6 Å². The molecule has 44 heavy (non-hydrogen) atoms. The minimum Gasteiger partial charge on any atom is -0.461 e. The first-order chi connectivity index (χ1) is 21.1. The maximum Gasteiger partial charge on any atom is 0.333 e. The largest absolute Gasteiger partial charge is 0.461 e. The SMILES string of the molecule is C=CCn1c(=O)n(C2OC(COC(=O)COC)[C@@H](OC(=O)COC)[C@H]2OC(=O)COC)c2nc(NC(=O)COC)[nH]c(=O)c21. The van der Waals surface area contributed by atoms with Crippen LogP contribution in [0.15, 0.2) is 22.2 Å². The van der Waals surface area contributed by atoms with Crippen LogP contribution in [0.5, 0.6) is 0 Å². The summed E-state index contributed by atoms with van der Waals surface area (Å²) in [6.07, 6.45) is -4.61. The number of allylic oxidation sites excluding steroid dienone is 1. The maximum atomic E-state index is 13.8. The van der Waals surface area contributed by atoms with E-state index in [4.69, 9.17) is 37.9 Å². The zero-order valence-electron chi connectivity index (χ0n) is 24.4. The number of aromatic nitrogens is 4. The Morgan fingerprint density at radius 2 is 1.52 bits per heavy atom. The van der Waals surface area contributed by atoms with E-state index in [-0.39, 0.29) is 30.3 Å². The van der Waals surface area contributed by atoms with Crippen molar-refractivity contribution in [1.82, 2.24) is 19.1 Å². The second-order valence-electron chi connectivity index (χ2n) is 9.08. The molecular formula is C25H33N5O14. The molecule has 3 heterocycles. The molecule has 3 rings (SSSR count). The highest BCUT2D eigenvalue weighted by Gasteiger charge is 2.52. The highest BCUT2D eigenvalue weighted by atomic mass is 16.7. The van der Waals surface area contributed by atoms with Crippen molar-refractivity contribution in [2.45, 2.75) is 31.1 Å². The highest BCUT2D eigenvalue weighted by Crippen LogP contribution is 2.35. The molecule has 1 aliphatic heterocycles. The lowest BCUT2D eigenvalue weighted by Crippen LogP contribution is -2.43. The van der Waals surface area contributed by atoms with Crippen molar-refractivity contribution in [1.29, 1.82) is 0 Å². The van der Waals surface area contributed by atoms with Gasteiger partial charge in [-0.2, -0.15) is 4.98 Å². The Hall–Kier alpha value is -4.43. The standard InChI is InChI=1S/C25H33N5O14/c1-6-7-29-18-21(27-24(28-22(18)35)26-14(31)9-37-2)30(25(29)36)23-20(44-17(34)12-40-5)19(43-16(33)11-39-4)13(42-23)8-41-15(32)10-38-3/h6,13,19-20,23H,1,7-12H2,2-5H3,(H2,26,27,28,31,35)/t13?,19-,20-,23?/m1/s1. The molecule has 2 N–H and O–H groups in total. The van der Waals surface area contributed by atoms with Crippen LogP contribution >= 0.6 is 0 Å². The molecule has 0 saturated carbocycles. The fraction of sp³-hybridized carbons (Fsp3) is 0.560. The van der Waals surface area contributed by atoms with Gasteiger partial charge in [0.05, 0.1) is 0 Å². The third-order valence-electron chi connectivity index (χ3n) is 5.93. The molecule has 2 aromatic rings. The molecule has 19 heteroatoms. The Morgan fingerprint density at radius 1 is 0.932 bits per heavy atom. The van der Waals surface area contributed by atoms with Crippen molar-refractivity contribution in [3.8, 4) is 0 Å². The van der Waals surface area contributed by atoms with Crippen LogP contribution in [-0.2, 0) is 63.6 Å². The number of carbonyl (C=O) groups excluding carboxylic acids is 4. The molecular weight excluding hydrogens is 594 g/mol. The first kappa shape index (κ1) is 34.1. The Kier molecular flexibility index (Phi) is 12.3. The molecule has 4 atom stereocenters. The van der Waals surface area contributed by atoms with Gasteiger partial charge < -0.3 is 37.9 Å². The van der Waals surface area contributed by atoms with E-state index in [9.17, 15) is 28.8 Å². The number of hydrogen-bond acceptors (Lipinski definition) is 15. The molecule has 0 aromatic carbocycles. The summed E-state index contributed by atoms with van der Waals surface area (Å²) < 4.78 is 43.4. The van der Waals surface area contributed by atoms with E-state index in [1.807, 2.05) is 0 Å². The van der Waals surface area contributed by atoms with Gasteiger partial charge in [0.25, 0.3) is 11.5 Å². The number of esters is 3. The number of aromatic amines is 1. The van der Waals surface area contributed by atoms with Crippen LogP contribution in [0.2, 0.25) is 0 Å². The van der Waals surface area contributed by atoms with Gasteiger partial charge in [0, 0.05) is 35.0 Å². The summed E-state index contributed by atoms with van der Waals surface area (Å²) in [6, 6.07) is 0. The fourth-order valence-corrected chi connectivity index (χ4v) is 4.33. The molecule has 0 aliphatic carbocycles. The van der Waals surface area contributed by atoms with E-state index in [1.165, 1.54) is 34.5 Å². The molecule has 2 aromatic heterocycles. The minimum absolute atomic E-state index is 0.159. The fourth-order valence-electron chi connectivity index (χ4n) is 4.33. The lowest BCUT2D eigenvalue weighted by Gasteiger charge is -2.24. The third kappa shape index (κ3) is 7.94. The Balaban J connectivity index is 2.22. The van der Waals surface area contributed by atoms with E-state index in [0.717, 1.165) is 9.13 Å². The zero-order chi connectivity index (χ0) is 32.4. The van der Waals surface area contributed by atoms with Crippen molar-refractivity contribution in [2.75, 3.05) is 66.8 Å². The molecule has 2 unspecified atom stereocenters. The number of hydrogen-bond donors (Lipinski definition) is 2. The lowest BCUT2D eigenvalue weighted by molar-refractivity contribution is -0.173. The Bertz CT molecular complexity index is 1480. The van der Waals surface area contributed by atoms with Crippen LogP contribution in [0.25, 0.3) is 11.2 Å². The number of H-pyrrole nitrogens is 1. The molecule has 1 saturated heterocycles. The predicted octanol–water partition coefficient (Wildman–Crippen LogP) is -2.14. The number of amides is 1. The van der Waals surface area contributed by atoms with Crippen molar-refractivity contribution in [3.63, 3.8) is 0 Å². The quantitative estimate of drug-likeness (QED) is 0.115. The zero-order valence-corrected chi connectivity index (χ0v) is 24.4. The summed E-state index contributed by atoms with van der Waals surface area (Å²) in [6.45, 7) is 1.10. The molecule has 0 bridgehead atoms. The van der Waals surface area contributed by atoms with Crippen LogP contribution in [-0.4, -0.2) is 123 Å². The Morgan fingerprint density at radius 3 is 2.11 bits per heavy atom. The Labute approximate surface area is 248 Å². The predicted molar refractivity (Wildman–Crippen MR) is 146 cm³/mol. The van der Waals surface area contributed by atoms with Crippen LogP contribution in [0.1, 0.15) is 6.23 Å². The summed E-state index contributed by atoms with van der Waals surface area (Å²) in [5.74, 6) is -3.63. The summed E-state index contributed by atoms with van der Waals surface area (Å²) in [5.41, 5.74) is -2.23. The normalized spacial score (nSPS) is 19.5. The summed E-state index contributed by atoms with van der Waals surface area (Å²) in [5, 5.41) is 2.35. The average molecular weight is 628 g/mol. The van der Waals surface area contributed by atoms with Gasteiger partial charge in [0.1, 0.15) is 39.1 Å². The van der Waals surface area contributed by atoms with Gasteiger partial charge in [-0.3, -0.25) is 24.5 Å². The van der Waals surface area contributed by atoms with E-state index in [1.54, 1.807) is 0 Å². The topological polar surface area (TPSA) is 227 Å². The van der Waals surface area contributed by atoms with Gasteiger partial charge in [-0.05, 0) is 0 Å². The number of nitrogens with zero attached hydrogens (tertiary/aromatic N) is 3. The van der Waals surface area contributed by atoms with Gasteiger partial charge in [0.2, 0.25) is 5.95 Å². The minimum atomic E-state index is -1.61. The van der Waals surface area contributed by atoms with Gasteiger partial charge in [-0.25, -0.2) is 23.7 Å². The maximum absolute atomic E-state index is 13.8. The molecule has 1 amide bonds. The third-order valence-corrected chi connectivity index (χ3v) is 5.93. The molecule has 1 aliphatic rings. The number of nitrogens with one attached hydrogen (secondary N) is 2. The monoisotopic (exact) mass is 627 g/mol. The number of fused-ring (bicyclic) bond motifs is 1. The lowest BCUT2D eigenvalue weighted by atomic mass is 10.1. The first-order valence-electron chi connectivity index (χ1n) is 12.9. The van der Waals surface area contributed by atoms with Crippen molar-refractivity contribution in [3.05, 3.63) is 33.5 Å². The number of imidazole rings is 1. The van der Waals surface area contributed by atoms with E-state index in [2.05, 4.69) is 21.9 Å². The van der Waals surface area contributed by atoms with Crippen LogP contribution in [0, 0.1) is 0 Å². The molecule has 19 nitrogen and oxygen atoms in total. The number of rotatable bonds is 16. The number of ether oxygens (including phenoxy) is 8. The van der Waals surface area contributed by atoms with Gasteiger partial charge in [-0.1, -0.05) is 6.08 Å². The van der Waals surface area contributed by atoms with E-state index < -0.39 is 86.0 Å². The van der Waals surface area contributed by atoms with E-state index in [0.29, 0.717) is 0 Å². The van der Waals surface area contributed by atoms with Crippen molar-refractivity contribution < 1.29 is 57.1 Å². The molecule has 1 fully saturated rings. The second-order valence-corrected chi connectivity index (χ2v) is 9.08. The van der Waals surface area contributed by atoms with Crippen molar-refractivity contribution >= 4 is 40.9 Å².